The van der Waals surface area contributed by atoms with Gasteiger partial charge < -0.3 is 14.4 Å². The Hall–Kier alpha value is -9.18. The molecule has 0 saturated heterocycles. The summed E-state index contributed by atoms with van der Waals surface area (Å²) in [5, 5.41) is 0. The van der Waals surface area contributed by atoms with E-state index in [2.05, 4.69) is 243 Å². The van der Waals surface area contributed by atoms with E-state index in [-0.39, 0.29) is 23.4 Å². The van der Waals surface area contributed by atoms with Crippen LogP contribution in [0, 0.1) is 27.6 Å². The van der Waals surface area contributed by atoms with E-state index >= 15 is 0 Å². The van der Waals surface area contributed by atoms with Crippen molar-refractivity contribution in [3.8, 4) is 56.0 Å². The third kappa shape index (κ3) is 25.9. The first-order chi connectivity index (χ1) is 54.3. The average Bonchev–Trinajstić information content (AvgIpc) is 0.787. The van der Waals surface area contributed by atoms with E-state index in [0.717, 1.165) is 33.6 Å². The molecule has 0 amide bonds. The summed E-state index contributed by atoms with van der Waals surface area (Å²) >= 11 is 0. The molecule has 0 aliphatic rings. The third-order valence-corrected chi connectivity index (χ3v) is 18.4. The van der Waals surface area contributed by atoms with E-state index in [9.17, 15) is 0 Å². The molecule has 0 spiro atoms. The molecule has 0 bridgehead atoms. The molecular formula is C101H129NO2. The molecule has 0 aliphatic carbocycles. The number of benzene rings is 11. The molecule has 0 unspecified atom stereocenters. The second-order valence-electron chi connectivity index (χ2n) is 29.6. The average molecular weight is 1400 g/mol. The standard InChI is InChI=1S/C21H28.2C17H20.C15H16.C11H17N.2C10H14O/c1-14(2)19-12-18(17-10-8-7-9-11-17)13-20(15(3)4)21(19)16(5)6;2*1-12(2)17-13(3)10-16(11-14(17)4)15-8-6-5-7-9-15;1-12(2)13-8-10-15(11-9-13)14-6-4-3-5-7-14;1-9(2)10-7-5-6-8-11(10)12(3)4;2*1-8(2)9-6-4-5-7-10(9)11-3/h7-16H,1-6H3;2*5-12H,1-4H3;3-12H,1-2H3;5-9H,1-4H3;2*4-8H,1-3H3/i;3D3;;;3D3,4D3;3D3;. The lowest BCUT2D eigenvalue weighted by Crippen LogP contribution is -2.11. The number of rotatable bonds is 16. The minimum atomic E-state index is -2.70. The van der Waals surface area contributed by atoms with E-state index in [1.165, 1.54) is 78.4 Å². The third-order valence-electron chi connectivity index (χ3n) is 18.4. The Labute approximate surface area is 650 Å². The number of methoxy groups -OCH3 is 2. The van der Waals surface area contributed by atoms with Gasteiger partial charge in [-0.25, -0.2) is 0 Å². The van der Waals surface area contributed by atoms with Gasteiger partial charge in [0.1, 0.15) is 11.5 Å². The highest BCUT2D eigenvalue weighted by molar-refractivity contribution is 5.70. The number of ether oxygens (including phenoxy) is 2. The lowest BCUT2D eigenvalue weighted by molar-refractivity contribution is 0.407. The highest BCUT2D eigenvalue weighted by Crippen LogP contribution is 2.38. The van der Waals surface area contributed by atoms with Crippen LogP contribution in [0.15, 0.2) is 255 Å². The number of aryl methyl sites for hydroxylation is 4. The second-order valence-corrected chi connectivity index (χ2v) is 29.6. The van der Waals surface area contributed by atoms with Gasteiger partial charge in [0, 0.05) is 32.0 Å². The number of anilines is 1. The van der Waals surface area contributed by atoms with Gasteiger partial charge in [-0.1, -0.05) is 361 Å². The van der Waals surface area contributed by atoms with Crippen molar-refractivity contribution in [1.82, 2.24) is 0 Å². The fourth-order valence-electron chi connectivity index (χ4n) is 13.2. The summed E-state index contributed by atoms with van der Waals surface area (Å²) in [6, 6.07) is 85.9. The molecule has 3 nitrogen and oxygen atoms in total. The first-order valence-electron chi connectivity index (χ1n) is 43.3. The Morgan fingerprint density at radius 1 is 0.260 bits per heavy atom. The number of nitrogens with zero attached hydrogens (tertiary/aromatic N) is 1. The Morgan fingerprint density at radius 3 is 0.875 bits per heavy atom. The first kappa shape index (κ1) is 68.0. The summed E-state index contributed by atoms with van der Waals surface area (Å²) < 4.78 is 99.1. The van der Waals surface area contributed by atoms with Crippen LogP contribution in [0.2, 0.25) is 0 Å². The van der Waals surface area contributed by atoms with E-state index in [1.807, 2.05) is 121 Å². The Balaban J connectivity index is 0.000000243. The van der Waals surface area contributed by atoms with Gasteiger partial charge in [0.05, 0.1) is 18.3 Å². The van der Waals surface area contributed by atoms with Crippen molar-refractivity contribution in [2.24, 2.45) is 0 Å². The van der Waals surface area contributed by atoms with Crippen LogP contribution in [0.5, 0.6) is 11.5 Å². The van der Waals surface area contributed by atoms with E-state index in [4.69, 9.17) is 25.9 Å². The summed E-state index contributed by atoms with van der Waals surface area (Å²) in [6.45, 7) is 38.0. The molecule has 3 heteroatoms. The van der Waals surface area contributed by atoms with Crippen LogP contribution in [0.4, 0.5) is 5.69 Å². The molecule has 550 valence electrons. The monoisotopic (exact) mass is 1400 g/mol. The molecule has 0 aliphatic heterocycles. The van der Waals surface area contributed by atoms with Gasteiger partial charge in [0.2, 0.25) is 0 Å². The van der Waals surface area contributed by atoms with Crippen LogP contribution >= 0.6 is 0 Å². The minimum Gasteiger partial charge on any atom is -0.496 e. The van der Waals surface area contributed by atoms with Crippen molar-refractivity contribution < 1.29 is 25.9 Å². The van der Waals surface area contributed by atoms with Crippen molar-refractivity contribution in [3.05, 3.63) is 327 Å². The topological polar surface area (TPSA) is 21.7 Å². The summed E-state index contributed by atoms with van der Waals surface area (Å²) in [7, 11) is -0.661. The molecule has 0 heterocycles. The highest BCUT2D eigenvalue weighted by atomic mass is 16.5. The first-order valence-corrected chi connectivity index (χ1v) is 37.3. The van der Waals surface area contributed by atoms with Crippen molar-refractivity contribution in [2.45, 2.75) is 206 Å². The molecule has 104 heavy (non-hydrogen) atoms. The fraction of sp³-hybridized carbons (Fsp3) is 0.347. The summed E-state index contributed by atoms with van der Waals surface area (Å²) in [6.07, 6.45) is 0. The maximum Gasteiger partial charge on any atom is 0.122 e. The zero-order valence-corrected chi connectivity index (χ0v) is 66.7. The Kier molecular flexibility index (Phi) is 28.2. The normalized spacial score (nSPS) is 13.0. The van der Waals surface area contributed by atoms with Gasteiger partial charge in [0.25, 0.3) is 0 Å². The van der Waals surface area contributed by atoms with Crippen LogP contribution in [-0.4, -0.2) is 28.1 Å². The largest absolute Gasteiger partial charge is 0.496 e. The zero-order valence-electron chi connectivity index (χ0n) is 78.7. The molecule has 0 N–H and O–H groups in total. The maximum absolute atomic E-state index is 7.80. The number of para-hydroxylation sites is 3. The lowest BCUT2D eigenvalue weighted by atomic mass is 9.81. The molecule has 0 atom stereocenters. The molecule has 11 aromatic carbocycles. The van der Waals surface area contributed by atoms with Crippen LogP contribution in [0.1, 0.15) is 267 Å². The predicted molar refractivity (Wildman–Crippen MR) is 460 cm³/mol. The summed E-state index contributed by atoms with van der Waals surface area (Å²) in [5.74, 6) is 5.37. The molecule has 0 saturated carbocycles. The summed E-state index contributed by atoms with van der Waals surface area (Å²) in [4.78, 5) is 0.537. The summed E-state index contributed by atoms with van der Waals surface area (Å²) in [5.41, 5.74) is 25.8. The maximum atomic E-state index is 7.80. The lowest BCUT2D eigenvalue weighted by Gasteiger charge is -2.24. The van der Waals surface area contributed by atoms with Crippen molar-refractivity contribution in [1.29, 1.82) is 0 Å². The molecule has 0 radical (unpaired) electrons. The van der Waals surface area contributed by atoms with E-state index < -0.39 is 27.8 Å². The quantitative estimate of drug-likeness (QED) is 0.0962. The molecule has 0 fully saturated rings. The van der Waals surface area contributed by atoms with Gasteiger partial charge in [-0.05, 0) is 216 Å². The van der Waals surface area contributed by atoms with Crippen molar-refractivity contribution >= 4 is 5.69 Å². The van der Waals surface area contributed by atoms with Gasteiger partial charge in [-0.15, -0.1) is 0 Å². The number of hydrogen-bond donors (Lipinski definition) is 0. The van der Waals surface area contributed by atoms with Crippen LogP contribution in [0.25, 0.3) is 44.5 Å². The zero-order chi connectivity index (χ0) is 86.7. The molecular weight excluding hydrogens is 1260 g/mol. The molecule has 11 rings (SSSR count). The van der Waals surface area contributed by atoms with Crippen molar-refractivity contribution in [3.63, 3.8) is 0 Å². The Bertz CT molecular complexity index is 4660. The van der Waals surface area contributed by atoms with Crippen molar-refractivity contribution in [2.75, 3.05) is 33.0 Å². The predicted octanol–water partition coefficient (Wildman–Crippen LogP) is 29.9. The van der Waals surface area contributed by atoms with Gasteiger partial charge in [-0.2, -0.15) is 0 Å². The molecule has 11 aromatic rings. The van der Waals surface area contributed by atoms with Gasteiger partial charge >= 0.3 is 0 Å². The second kappa shape index (κ2) is 43.2. The molecule has 0 aromatic heterocycles. The van der Waals surface area contributed by atoms with Crippen LogP contribution < -0.4 is 14.4 Å². The van der Waals surface area contributed by atoms with Gasteiger partial charge in [-0.3, -0.25) is 0 Å². The highest BCUT2D eigenvalue weighted by Gasteiger charge is 2.19. The fourth-order valence-corrected chi connectivity index (χ4v) is 13.2. The number of hydrogen-bond acceptors (Lipinski definition) is 3. The van der Waals surface area contributed by atoms with Gasteiger partial charge in [0.15, 0.2) is 0 Å². The Morgan fingerprint density at radius 2 is 0.558 bits per heavy atom. The van der Waals surface area contributed by atoms with Crippen LogP contribution in [0.3, 0.4) is 0 Å². The smallest absolute Gasteiger partial charge is 0.122 e. The minimum absolute atomic E-state index is 0.0494. The van der Waals surface area contributed by atoms with Crippen LogP contribution in [-0.2, 0) is 0 Å². The van der Waals surface area contributed by atoms with E-state index in [1.54, 1.807) is 43.0 Å². The SMILES string of the molecule is CC(C)c1cc(-c2ccccc2)cc(C(C)C)c1C(C)C.CC(C)c1ccc(-c2ccccc2)cc1.COc1ccccc1C(C)C.Cc1cc(-c2ccccc2)cc(C)c1C(C)C.[2H]C([2H])([2H])N(c1ccccc1C(C)C)C([2H])([2H])[2H].[2H]C([2H])([2H])Oc1ccccc1C(C)C.[2H]C([2H])([2H])c1cc(-c2ccccc2)cc(C)c1C(C)C. The van der Waals surface area contributed by atoms with E-state index in [0.29, 0.717) is 57.3 Å².